The highest BCUT2D eigenvalue weighted by Gasteiger charge is 2.04. The Morgan fingerprint density at radius 1 is 1.30 bits per heavy atom. The maximum atomic E-state index is 11.6. The molecule has 1 N–H and O–H groups in total. The van der Waals surface area contributed by atoms with Gasteiger partial charge in [0.1, 0.15) is 0 Å². The van der Waals surface area contributed by atoms with Crippen molar-refractivity contribution in [2.45, 2.75) is 30.7 Å². The van der Waals surface area contributed by atoms with Crippen LogP contribution in [0.3, 0.4) is 0 Å². The van der Waals surface area contributed by atoms with Gasteiger partial charge in [0.25, 0.3) is 5.56 Å². The van der Waals surface area contributed by atoms with Gasteiger partial charge in [-0.2, -0.15) is 0 Å². The zero-order valence-electron chi connectivity index (χ0n) is 11.5. The Balaban J connectivity index is 2.08. The molecule has 0 aliphatic carbocycles. The number of nitrogens with one attached hydrogen (secondary N) is 1. The van der Waals surface area contributed by atoms with Crippen LogP contribution in [0.5, 0.6) is 5.88 Å². The second kappa shape index (κ2) is 7.09. The molecule has 2 aromatic heterocycles. The van der Waals surface area contributed by atoms with Crippen molar-refractivity contribution in [3.8, 4) is 5.88 Å². The SMILES string of the molecule is CCCc1cc(=O)[nH]c(SCc2cccc(OC)n2)n1. The lowest BCUT2D eigenvalue weighted by atomic mass is 10.2. The Kier molecular flexibility index (Phi) is 5.17. The molecule has 0 amide bonds. The predicted octanol–water partition coefficient (Wildman–Crippen LogP) is 2.42. The van der Waals surface area contributed by atoms with E-state index in [2.05, 4.69) is 21.9 Å². The molecule has 0 aromatic carbocycles. The molecule has 0 saturated heterocycles. The summed E-state index contributed by atoms with van der Waals surface area (Å²) in [6.07, 6.45) is 1.78. The van der Waals surface area contributed by atoms with Crippen LogP contribution in [0.1, 0.15) is 24.7 Å². The van der Waals surface area contributed by atoms with Gasteiger partial charge in [0.05, 0.1) is 12.8 Å². The van der Waals surface area contributed by atoms with Crippen molar-refractivity contribution in [2.75, 3.05) is 7.11 Å². The number of thioether (sulfide) groups is 1. The summed E-state index contributed by atoms with van der Waals surface area (Å²) in [6, 6.07) is 7.17. The number of methoxy groups -OCH3 is 1. The Labute approximate surface area is 121 Å². The normalized spacial score (nSPS) is 10.5. The Hall–Kier alpha value is -1.82. The lowest BCUT2D eigenvalue weighted by molar-refractivity contribution is 0.397. The lowest BCUT2D eigenvalue weighted by Crippen LogP contribution is -2.10. The van der Waals surface area contributed by atoms with E-state index in [1.54, 1.807) is 19.2 Å². The summed E-state index contributed by atoms with van der Waals surface area (Å²) in [5.74, 6) is 1.22. The molecule has 0 aliphatic heterocycles. The van der Waals surface area contributed by atoms with Crippen molar-refractivity contribution < 1.29 is 4.74 Å². The van der Waals surface area contributed by atoms with Crippen molar-refractivity contribution in [2.24, 2.45) is 0 Å². The van der Waals surface area contributed by atoms with Crippen LogP contribution in [0.4, 0.5) is 0 Å². The Bertz CT molecular complexity index is 628. The summed E-state index contributed by atoms with van der Waals surface area (Å²) in [4.78, 5) is 23.0. The third-order valence-corrected chi connectivity index (χ3v) is 3.53. The summed E-state index contributed by atoms with van der Waals surface area (Å²) in [5, 5.41) is 0.630. The molecule has 0 aliphatic rings. The molecule has 0 unspecified atom stereocenters. The molecule has 6 heteroatoms. The largest absolute Gasteiger partial charge is 0.481 e. The summed E-state index contributed by atoms with van der Waals surface area (Å²) < 4.78 is 5.08. The van der Waals surface area contributed by atoms with Crippen molar-refractivity contribution in [1.82, 2.24) is 15.0 Å². The molecule has 0 bridgehead atoms. The van der Waals surface area contributed by atoms with E-state index in [0.29, 0.717) is 16.8 Å². The van der Waals surface area contributed by atoms with E-state index in [1.807, 2.05) is 12.1 Å². The van der Waals surface area contributed by atoms with Crippen LogP contribution in [0.2, 0.25) is 0 Å². The number of aromatic nitrogens is 3. The first-order chi connectivity index (χ1) is 9.71. The summed E-state index contributed by atoms with van der Waals surface area (Å²) in [7, 11) is 1.59. The second-order valence-electron chi connectivity index (χ2n) is 4.25. The van der Waals surface area contributed by atoms with Gasteiger partial charge in [-0.15, -0.1) is 0 Å². The fourth-order valence-corrected chi connectivity index (χ4v) is 2.53. The van der Waals surface area contributed by atoms with Gasteiger partial charge in [-0.25, -0.2) is 9.97 Å². The van der Waals surface area contributed by atoms with Crippen LogP contribution in [0, 0.1) is 0 Å². The van der Waals surface area contributed by atoms with Crippen LogP contribution >= 0.6 is 11.8 Å². The molecule has 2 heterocycles. The number of pyridine rings is 1. The highest BCUT2D eigenvalue weighted by atomic mass is 32.2. The predicted molar refractivity (Wildman–Crippen MR) is 79.2 cm³/mol. The van der Waals surface area contributed by atoms with Gasteiger partial charge in [-0.1, -0.05) is 31.2 Å². The number of aromatic amines is 1. The van der Waals surface area contributed by atoms with Gasteiger partial charge in [0.15, 0.2) is 5.16 Å². The first-order valence-corrected chi connectivity index (χ1v) is 7.42. The molecule has 0 atom stereocenters. The molecule has 0 radical (unpaired) electrons. The number of hydrogen-bond donors (Lipinski definition) is 1. The minimum absolute atomic E-state index is 0.107. The van der Waals surface area contributed by atoms with Crippen LogP contribution < -0.4 is 10.3 Å². The zero-order chi connectivity index (χ0) is 14.4. The maximum absolute atomic E-state index is 11.6. The number of ether oxygens (including phenoxy) is 1. The minimum Gasteiger partial charge on any atom is -0.481 e. The van der Waals surface area contributed by atoms with Crippen LogP contribution in [-0.2, 0) is 12.2 Å². The van der Waals surface area contributed by atoms with Crippen molar-refractivity contribution in [3.05, 3.63) is 46.0 Å². The first kappa shape index (κ1) is 14.6. The van der Waals surface area contributed by atoms with E-state index in [-0.39, 0.29) is 5.56 Å². The standard InChI is InChI=1S/C14H17N3O2S/c1-3-5-10-8-12(18)17-14(16-10)20-9-11-6-4-7-13(15-11)19-2/h4,6-8H,3,5,9H2,1-2H3,(H,16,17,18). The summed E-state index contributed by atoms with van der Waals surface area (Å²) >= 11 is 1.46. The molecule has 0 saturated carbocycles. The lowest BCUT2D eigenvalue weighted by Gasteiger charge is -2.04. The van der Waals surface area contributed by atoms with Gasteiger partial charge in [-0.05, 0) is 12.5 Å². The van der Waals surface area contributed by atoms with Crippen molar-refractivity contribution in [1.29, 1.82) is 0 Å². The van der Waals surface area contributed by atoms with Gasteiger partial charge in [0, 0.05) is 23.6 Å². The minimum atomic E-state index is -0.107. The highest BCUT2D eigenvalue weighted by Crippen LogP contribution is 2.18. The maximum Gasteiger partial charge on any atom is 0.251 e. The van der Waals surface area contributed by atoms with Crippen LogP contribution in [0.25, 0.3) is 0 Å². The number of H-pyrrole nitrogens is 1. The highest BCUT2D eigenvalue weighted by molar-refractivity contribution is 7.98. The number of hydrogen-bond acceptors (Lipinski definition) is 5. The molecule has 0 spiro atoms. The van der Waals surface area contributed by atoms with Gasteiger partial charge < -0.3 is 9.72 Å². The van der Waals surface area contributed by atoms with E-state index < -0.39 is 0 Å². The zero-order valence-corrected chi connectivity index (χ0v) is 12.4. The quantitative estimate of drug-likeness (QED) is 0.654. The molecule has 2 aromatic rings. The molecular formula is C14H17N3O2S. The average Bonchev–Trinajstić information content (AvgIpc) is 2.45. The molecule has 0 fully saturated rings. The second-order valence-corrected chi connectivity index (χ2v) is 5.22. The van der Waals surface area contributed by atoms with E-state index >= 15 is 0 Å². The number of aryl methyl sites for hydroxylation is 1. The smallest absolute Gasteiger partial charge is 0.251 e. The topological polar surface area (TPSA) is 67.9 Å². The van der Waals surface area contributed by atoms with Crippen molar-refractivity contribution >= 4 is 11.8 Å². The molecule has 106 valence electrons. The van der Waals surface area contributed by atoms with E-state index in [4.69, 9.17) is 4.74 Å². The van der Waals surface area contributed by atoms with Crippen LogP contribution in [0.15, 0.2) is 34.2 Å². The third-order valence-electron chi connectivity index (χ3n) is 2.63. The molecule has 2 rings (SSSR count). The van der Waals surface area contributed by atoms with Gasteiger partial charge in [-0.3, -0.25) is 4.79 Å². The fourth-order valence-electron chi connectivity index (χ4n) is 1.73. The van der Waals surface area contributed by atoms with E-state index in [0.717, 1.165) is 24.2 Å². The summed E-state index contributed by atoms with van der Waals surface area (Å²) in [5.41, 5.74) is 1.61. The Morgan fingerprint density at radius 2 is 2.15 bits per heavy atom. The van der Waals surface area contributed by atoms with E-state index in [9.17, 15) is 4.79 Å². The molecule has 20 heavy (non-hydrogen) atoms. The fraction of sp³-hybridized carbons (Fsp3) is 0.357. The molecule has 5 nitrogen and oxygen atoms in total. The average molecular weight is 291 g/mol. The first-order valence-electron chi connectivity index (χ1n) is 6.44. The number of nitrogens with zero attached hydrogens (tertiary/aromatic N) is 2. The van der Waals surface area contributed by atoms with E-state index in [1.165, 1.54) is 11.8 Å². The molecular weight excluding hydrogens is 274 g/mol. The van der Waals surface area contributed by atoms with Crippen molar-refractivity contribution in [3.63, 3.8) is 0 Å². The third kappa shape index (κ3) is 4.09. The summed E-state index contributed by atoms with van der Waals surface area (Å²) in [6.45, 7) is 2.07. The van der Waals surface area contributed by atoms with Gasteiger partial charge in [0.2, 0.25) is 5.88 Å². The van der Waals surface area contributed by atoms with Crippen LogP contribution in [-0.4, -0.2) is 22.1 Å². The monoisotopic (exact) mass is 291 g/mol. The number of rotatable bonds is 6. The van der Waals surface area contributed by atoms with Gasteiger partial charge >= 0.3 is 0 Å². The Morgan fingerprint density at radius 3 is 2.90 bits per heavy atom.